The number of thiophene rings is 1. The number of ether oxygens (including phenoxy) is 1. The first kappa shape index (κ1) is 24.0. The minimum Gasteiger partial charge on any atom is -0.507 e. The Bertz CT molecular complexity index is 1300. The van der Waals surface area contributed by atoms with Gasteiger partial charge in [0.1, 0.15) is 17.6 Å². The number of aliphatic hydroxyl groups excluding tert-OH is 1. The molecule has 2 aromatic carbocycles. The van der Waals surface area contributed by atoms with E-state index >= 15 is 0 Å². The highest BCUT2D eigenvalue weighted by molar-refractivity contribution is 7.10. The summed E-state index contributed by atoms with van der Waals surface area (Å²) in [6.07, 6.45) is 0. The molecule has 7 heteroatoms. The van der Waals surface area contributed by atoms with E-state index in [4.69, 9.17) is 16.3 Å². The molecule has 0 aliphatic carbocycles. The molecule has 1 amide bonds. The van der Waals surface area contributed by atoms with Gasteiger partial charge in [0.2, 0.25) is 0 Å². The lowest BCUT2D eigenvalue weighted by Gasteiger charge is -2.25. The van der Waals surface area contributed by atoms with Gasteiger partial charge in [-0.1, -0.05) is 32.4 Å². The number of carbonyl (C=O) groups is 2. The van der Waals surface area contributed by atoms with Gasteiger partial charge in [-0.25, -0.2) is 0 Å². The minimum atomic E-state index is -0.749. The molecule has 1 saturated heterocycles. The van der Waals surface area contributed by atoms with Crippen LogP contribution in [0.4, 0.5) is 5.69 Å². The number of anilines is 1. The first-order valence-corrected chi connectivity index (χ1v) is 12.1. The molecule has 1 aromatic heterocycles. The Labute approximate surface area is 208 Å². The standard InChI is InChI=1S/C27H26ClNO4S/c1-15-12-13-34-25(15)22-21(24(31)26(32)29(22)18-9-7-17(28)8-10-18)23(30)16-6-11-20(33-5)19(14-16)27(2,3)4/h6-14,22,30H,1-5H3/b23-21-. The van der Waals surface area contributed by atoms with E-state index in [1.165, 1.54) is 16.2 Å². The van der Waals surface area contributed by atoms with Crippen molar-refractivity contribution in [3.05, 3.63) is 86.1 Å². The largest absolute Gasteiger partial charge is 0.507 e. The van der Waals surface area contributed by atoms with Gasteiger partial charge in [-0.3, -0.25) is 14.5 Å². The van der Waals surface area contributed by atoms with Crippen molar-refractivity contribution in [2.45, 2.75) is 39.2 Å². The van der Waals surface area contributed by atoms with Crippen molar-refractivity contribution in [1.82, 2.24) is 0 Å². The summed E-state index contributed by atoms with van der Waals surface area (Å²) < 4.78 is 5.51. The molecule has 1 aliphatic heterocycles. The highest BCUT2D eigenvalue weighted by Gasteiger charge is 2.48. The van der Waals surface area contributed by atoms with Gasteiger partial charge >= 0.3 is 0 Å². The number of halogens is 1. The molecule has 5 nitrogen and oxygen atoms in total. The molecule has 1 fully saturated rings. The molecule has 4 rings (SSSR count). The number of methoxy groups -OCH3 is 1. The zero-order chi connectivity index (χ0) is 24.8. The van der Waals surface area contributed by atoms with Gasteiger partial charge in [0.25, 0.3) is 11.7 Å². The summed E-state index contributed by atoms with van der Waals surface area (Å²) in [4.78, 5) is 28.9. The van der Waals surface area contributed by atoms with Crippen LogP contribution in [0.1, 0.15) is 48.4 Å². The van der Waals surface area contributed by atoms with Crippen LogP contribution >= 0.6 is 22.9 Å². The summed E-state index contributed by atoms with van der Waals surface area (Å²) >= 11 is 7.50. The van der Waals surface area contributed by atoms with Crippen molar-refractivity contribution in [2.75, 3.05) is 12.0 Å². The van der Waals surface area contributed by atoms with E-state index in [-0.39, 0.29) is 16.7 Å². The molecule has 1 unspecified atom stereocenters. The van der Waals surface area contributed by atoms with Crippen LogP contribution in [0.15, 0.2) is 59.5 Å². The normalized spacial score (nSPS) is 17.9. The third kappa shape index (κ3) is 4.12. The van der Waals surface area contributed by atoms with Gasteiger partial charge < -0.3 is 9.84 Å². The zero-order valence-corrected chi connectivity index (χ0v) is 21.3. The van der Waals surface area contributed by atoms with Gasteiger partial charge in [0.15, 0.2) is 0 Å². The van der Waals surface area contributed by atoms with E-state index < -0.39 is 17.7 Å². The van der Waals surface area contributed by atoms with E-state index in [0.717, 1.165) is 16.0 Å². The Morgan fingerprint density at radius 1 is 1.09 bits per heavy atom. The third-order valence-corrected chi connectivity index (χ3v) is 7.30. The maximum absolute atomic E-state index is 13.3. The second kappa shape index (κ2) is 8.93. The summed E-state index contributed by atoms with van der Waals surface area (Å²) in [7, 11) is 1.60. The van der Waals surface area contributed by atoms with Gasteiger partial charge in [-0.05, 0) is 71.8 Å². The predicted octanol–water partition coefficient (Wildman–Crippen LogP) is 6.64. The van der Waals surface area contributed by atoms with Crippen LogP contribution in [0.3, 0.4) is 0 Å². The molecule has 176 valence electrons. The Balaban J connectivity index is 1.95. The second-order valence-corrected chi connectivity index (χ2v) is 10.7. The summed E-state index contributed by atoms with van der Waals surface area (Å²) in [6.45, 7) is 8.06. The molecule has 0 radical (unpaired) electrons. The highest BCUT2D eigenvalue weighted by Crippen LogP contribution is 2.45. The first-order chi connectivity index (χ1) is 16.0. The number of ketones is 1. The summed E-state index contributed by atoms with van der Waals surface area (Å²) in [5, 5.41) is 13.9. The molecule has 0 spiro atoms. The van der Waals surface area contributed by atoms with Gasteiger partial charge in [-0.15, -0.1) is 11.3 Å². The fraction of sp³-hybridized carbons (Fsp3) is 0.259. The Morgan fingerprint density at radius 2 is 1.76 bits per heavy atom. The minimum absolute atomic E-state index is 0.0653. The number of rotatable bonds is 4. The number of nitrogens with zero attached hydrogens (tertiary/aromatic N) is 1. The van der Waals surface area contributed by atoms with Crippen molar-refractivity contribution >= 4 is 46.1 Å². The Morgan fingerprint density at radius 3 is 2.32 bits per heavy atom. The van der Waals surface area contributed by atoms with Crippen LogP contribution in [0.2, 0.25) is 5.02 Å². The zero-order valence-electron chi connectivity index (χ0n) is 19.7. The van der Waals surface area contributed by atoms with Crippen LogP contribution in [0.25, 0.3) is 5.76 Å². The monoisotopic (exact) mass is 495 g/mol. The van der Waals surface area contributed by atoms with Crippen LogP contribution in [0, 0.1) is 6.92 Å². The van der Waals surface area contributed by atoms with E-state index in [1.54, 1.807) is 43.5 Å². The quantitative estimate of drug-likeness (QED) is 0.250. The number of hydrogen-bond donors (Lipinski definition) is 1. The summed E-state index contributed by atoms with van der Waals surface area (Å²) in [5.74, 6) is -0.929. The predicted molar refractivity (Wildman–Crippen MR) is 137 cm³/mol. The lowest BCUT2D eigenvalue weighted by atomic mass is 9.84. The van der Waals surface area contributed by atoms with Gasteiger partial charge in [-0.2, -0.15) is 0 Å². The molecule has 3 aromatic rings. The first-order valence-electron chi connectivity index (χ1n) is 10.8. The Hall–Kier alpha value is -3.09. The summed E-state index contributed by atoms with van der Waals surface area (Å²) in [5.41, 5.74) is 2.62. The van der Waals surface area contributed by atoms with Crippen molar-refractivity contribution in [2.24, 2.45) is 0 Å². The number of hydrogen-bond acceptors (Lipinski definition) is 5. The Kier molecular flexibility index (Phi) is 6.32. The third-order valence-electron chi connectivity index (χ3n) is 5.98. The molecular weight excluding hydrogens is 470 g/mol. The number of aryl methyl sites for hydroxylation is 1. The van der Waals surface area contributed by atoms with Crippen LogP contribution < -0.4 is 9.64 Å². The molecule has 34 heavy (non-hydrogen) atoms. The second-order valence-electron chi connectivity index (χ2n) is 9.28. The van der Waals surface area contributed by atoms with Crippen molar-refractivity contribution in [3.63, 3.8) is 0 Å². The lowest BCUT2D eigenvalue weighted by molar-refractivity contribution is -0.132. The van der Waals surface area contributed by atoms with Gasteiger partial charge in [0, 0.05) is 26.7 Å². The van der Waals surface area contributed by atoms with Crippen LogP contribution in [-0.4, -0.2) is 23.9 Å². The molecule has 1 aliphatic rings. The molecule has 1 N–H and O–H groups in total. The topological polar surface area (TPSA) is 66.8 Å². The summed E-state index contributed by atoms with van der Waals surface area (Å²) in [6, 6.07) is 13.2. The fourth-order valence-corrected chi connectivity index (χ4v) is 5.36. The van der Waals surface area contributed by atoms with E-state index in [9.17, 15) is 14.7 Å². The molecule has 1 atom stereocenters. The van der Waals surface area contributed by atoms with E-state index in [1.807, 2.05) is 45.2 Å². The maximum atomic E-state index is 13.3. The van der Waals surface area contributed by atoms with Crippen molar-refractivity contribution in [1.29, 1.82) is 0 Å². The highest BCUT2D eigenvalue weighted by atomic mass is 35.5. The molecule has 0 saturated carbocycles. The number of aliphatic hydroxyl groups is 1. The van der Waals surface area contributed by atoms with Crippen LogP contribution in [0.5, 0.6) is 5.75 Å². The molecule has 0 bridgehead atoms. The SMILES string of the molecule is COc1ccc(/C(O)=C2/C(=O)C(=O)N(c3ccc(Cl)cc3)C2c2sccc2C)cc1C(C)(C)C. The average molecular weight is 496 g/mol. The average Bonchev–Trinajstić information content (AvgIpc) is 3.33. The smallest absolute Gasteiger partial charge is 0.300 e. The van der Waals surface area contributed by atoms with Crippen LogP contribution in [-0.2, 0) is 15.0 Å². The van der Waals surface area contributed by atoms with Gasteiger partial charge in [0.05, 0.1) is 12.7 Å². The van der Waals surface area contributed by atoms with Crippen molar-refractivity contribution < 1.29 is 19.4 Å². The number of Topliss-reactive ketones (excluding diaryl/α,β-unsaturated/α-hetero) is 1. The number of benzene rings is 2. The number of amides is 1. The lowest BCUT2D eigenvalue weighted by Crippen LogP contribution is -2.29. The van der Waals surface area contributed by atoms with E-state index in [0.29, 0.717) is 22.0 Å². The number of carbonyl (C=O) groups excluding carboxylic acids is 2. The van der Waals surface area contributed by atoms with E-state index in [2.05, 4.69) is 0 Å². The fourth-order valence-electron chi connectivity index (χ4n) is 4.21. The molecular formula is C27H26ClNO4S. The van der Waals surface area contributed by atoms with Crippen molar-refractivity contribution in [3.8, 4) is 5.75 Å². The maximum Gasteiger partial charge on any atom is 0.300 e. The molecule has 2 heterocycles.